The van der Waals surface area contributed by atoms with Gasteiger partial charge >= 0.3 is 0 Å². The number of hydrogen-bond donors (Lipinski definition) is 4. The minimum Gasteiger partial charge on any atom is -0.319 e. The normalized spacial score (nSPS) is 10.4. The van der Waals surface area contributed by atoms with Crippen molar-refractivity contribution in [1.29, 1.82) is 0 Å². The lowest BCUT2D eigenvalue weighted by Crippen LogP contribution is -2.16. The number of carbonyl (C=O) groups is 1. The second kappa shape index (κ2) is 5.25. The lowest BCUT2D eigenvalue weighted by Gasteiger charge is -2.08. The Kier molecular flexibility index (Phi) is 3.66. The molecule has 2 rings (SSSR count). The number of aromatic nitrogens is 2. The Hall–Kier alpha value is -2.48. The molecule has 0 aliphatic carbocycles. The molecule has 2 aromatic rings. The Morgan fingerprint density at radius 3 is 2.30 bits per heavy atom. The molecule has 0 atom stereocenters. The molecule has 1 amide bonds. The standard InChI is InChI=1S/C12H13F2N5O/c1-5-10(6(2)19-18-5)16-12(20)7-3-8(13)11(17-15)9(14)4-7/h3-4,17H,15H2,1-2H3,(H,16,20)(H,18,19). The number of aryl methyl sites for hydroxylation is 2. The predicted molar refractivity (Wildman–Crippen MR) is 70.2 cm³/mol. The zero-order chi connectivity index (χ0) is 14.9. The van der Waals surface area contributed by atoms with Gasteiger partial charge in [0.2, 0.25) is 0 Å². The molecular weight excluding hydrogens is 268 g/mol. The quantitative estimate of drug-likeness (QED) is 0.510. The number of aromatic amines is 1. The number of nitrogens with two attached hydrogens (primary N) is 1. The number of nitrogen functional groups attached to an aromatic ring is 1. The van der Waals surface area contributed by atoms with Gasteiger partial charge in [-0.15, -0.1) is 0 Å². The van der Waals surface area contributed by atoms with Crippen molar-refractivity contribution in [1.82, 2.24) is 10.2 Å². The molecule has 1 aromatic heterocycles. The van der Waals surface area contributed by atoms with Crippen LogP contribution in [0.5, 0.6) is 0 Å². The lowest BCUT2D eigenvalue weighted by molar-refractivity contribution is 0.102. The van der Waals surface area contributed by atoms with Crippen molar-refractivity contribution in [3.05, 3.63) is 40.7 Å². The molecule has 5 N–H and O–H groups in total. The van der Waals surface area contributed by atoms with Gasteiger partial charge in [-0.25, -0.2) is 8.78 Å². The maximum Gasteiger partial charge on any atom is 0.255 e. The summed E-state index contributed by atoms with van der Waals surface area (Å²) in [6, 6.07) is 1.80. The van der Waals surface area contributed by atoms with Crippen molar-refractivity contribution in [2.24, 2.45) is 5.84 Å². The van der Waals surface area contributed by atoms with Crippen LogP contribution in [0.3, 0.4) is 0 Å². The molecule has 0 fully saturated rings. The van der Waals surface area contributed by atoms with E-state index in [0.29, 0.717) is 17.1 Å². The van der Waals surface area contributed by atoms with E-state index in [-0.39, 0.29) is 5.56 Å². The van der Waals surface area contributed by atoms with Gasteiger partial charge in [-0.05, 0) is 26.0 Å². The van der Waals surface area contributed by atoms with Crippen molar-refractivity contribution in [3.63, 3.8) is 0 Å². The summed E-state index contributed by atoms with van der Waals surface area (Å²) in [4.78, 5) is 12.0. The molecule has 0 aliphatic heterocycles. The van der Waals surface area contributed by atoms with Crippen LogP contribution in [0.15, 0.2) is 12.1 Å². The molecule has 0 aliphatic rings. The van der Waals surface area contributed by atoms with E-state index in [1.165, 1.54) is 0 Å². The minimum atomic E-state index is -0.946. The Labute approximate surface area is 113 Å². The van der Waals surface area contributed by atoms with Crippen molar-refractivity contribution < 1.29 is 13.6 Å². The summed E-state index contributed by atoms with van der Waals surface area (Å²) in [5.41, 5.74) is 2.97. The molecule has 8 heteroatoms. The first-order valence-corrected chi connectivity index (χ1v) is 5.72. The molecule has 1 aromatic carbocycles. The number of hydrazine groups is 1. The highest BCUT2D eigenvalue weighted by Crippen LogP contribution is 2.22. The third-order valence-electron chi connectivity index (χ3n) is 2.82. The highest BCUT2D eigenvalue weighted by atomic mass is 19.1. The smallest absolute Gasteiger partial charge is 0.255 e. The van der Waals surface area contributed by atoms with E-state index in [1.54, 1.807) is 13.8 Å². The number of H-pyrrole nitrogens is 1. The van der Waals surface area contributed by atoms with Gasteiger partial charge in [0.1, 0.15) is 5.69 Å². The number of nitrogens with one attached hydrogen (secondary N) is 3. The molecule has 6 nitrogen and oxygen atoms in total. The van der Waals surface area contributed by atoms with E-state index in [0.717, 1.165) is 12.1 Å². The number of halogens is 2. The number of amides is 1. The predicted octanol–water partition coefficient (Wildman–Crippen LogP) is 1.84. The van der Waals surface area contributed by atoms with Gasteiger partial charge in [0.05, 0.1) is 17.1 Å². The van der Waals surface area contributed by atoms with Gasteiger partial charge in [-0.2, -0.15) is 5.10 Å². The zero-order valence-electron chi connectivity index (χ0n) is 10.8. The Morgan fingerprint density at radius 1 is 1.25 bits per heavy atom. The largest absolute Gasteiger partial charge is 0.319 e. The SMILES string of the molecule is Cc1n[nH]c(C)c1NC(=O)c1cc(F)c(NN)c(F)c1. The molecule has 0 radical (unpaired) electrons. The van der Waals surface area contributed by atoms with Crippen LogP contribution in [0, 0.1) is 25.5 Å². The number of benzene rings is 1. The monoisotopic (exact) mass is 281 g/mol. The fraction of sp³-hybridized carbons (Fsp3) is 0.167. The number of rotatable bonds is 3. The topological polar surface area (TPSA) is 95.8 Å². The molecule has 20 heavy (non-hydrogen) atoms. The molecule has 0 spiro atoms. The number of hydrogen-bond acceptors (Lipinski definition) is 4. The fourth-order valence-corrected chi connectivity index (χ4v) is 1.76. The Morgan fingerprint density at radius 2 is 1.85 bits per heavy atom. The van der Waals surface area contributed by atoms with Gasteiger partial charge in [-0.1, -0.05) is 0 Å². The van der Waals surface area contributed by atoms with E-state index in [2.05, 4.69) is 15.5 Å². The average Bonchev–Trinajstić information content (AvgIpc) is 2.70. The van der Waals surface area contributed by atoms with Crippen LogP contribution in [0.25, 0.3) is 0 Å². The van der Waals surface area contributed by atoms with Crippen molar-refractivity contribution >= 4 is 17.3 Å². The first kappa shape index (κ1) is 13.9. The van der Waals surface area contributed by atoms with E-state index in [4.69, 9.17) is 5.84 Å². The molecule has 0 saturated heterocycles. The second-order valence-corrected chi connectivity index (χ2v) is 4.22. The summed E-state index contributed by atoms with van der Waals surface area (Å²) in [7, 11) is 0. The van der Waals surface area contributed by atoms with Crippen LogP contribution < -0.4 is 16.6 Å². The van der Waals surface area contributed by atoms with Crippen molar-refractivity contribution in [2.45, 2.75) is 13.8 Å². The maximum atomic E-state index is 13.5. The molecular formula is C12H13F2N5O. The van der Waals surface area contributed by atoms with Gasteiger partial charge in [0.25, 0.3) is 5.91 Å². The van der Waals surface area contributed by atoms with Crippen LogP contribution in [0.2, 0.25) is 0 Å². The summed E-state index contributed by atoms with van der Waals surface area (Å²) >= 11 is 0. The maximum absolute atomic E-state index is 13.5. The number of carbonyl (C=O) groups excluding carboxylic acids is 1. The van der Waals surface area contributed by atoms with Crippen LogP contribution in [-0.2, 0) is 0 Å². The summed E-state index contributed by atoms with van der Waals surface area (Å²) in [6.07, 6.45) is 0. The molecule has 0 unspecified atom stereocenters. The summed E-state index contributed by atoms with van der Waals surface area (Å²) in [6.45, 7) is 3.42. The Bertz CT molecular complexity index is 625. The average molecular weight is 281 g/mol. The highest BCUT2D eigenvalue weighted by molar-refractivity contribution is 6.05. The molecule has 1 heterocycles. The van der Waals surface area contributed by atoms with Crippen molar-refractivity contribution in [3.8, 4) is 0 Å². The van der Waals surface area contributed by atoms with E-state index < -0.39 is 23.2 Å². The second-order valence-electron chi connectivity index (χ2n) is 4.22. The number of nitrogens with zero attached hydrogens (tertiary/aromatic N) is 1. The van der Waals surface area contributed by atoms with Crippen LogP contribution in [0.4, 0.5) is 20.2 Å². The molecule has 0 saturated carbocycles. The first-order valence-electron chi connectivity index (χ1n) is 5.72. The van der Waals surface area contributed by atoms with Crippen LogP contribution in [-0.4, -0.2) is 16.1 Å². The van der Waals surface area contributed by atoms with E-state index in [1.807, 2.05) is 5.43 Å². The Balaban J connectivity index is 2.31. The highest BCUT2D eigenvalue weighted by Gasteiger charge is 2.16. The summed E-state index contributed by atoms with van der Waals surface area (Å²) < 4.78 is 27.1. The van der Waals surface area contributed by atoms with E-state index in [9.17, 15) is 13.6 Å². The first-order chi connectivity index (χ1) is 9.43. The lowest BCUT2D eigenvalue weighted by atomic mass is 10.1. The molecule has 106 valence electrons. The van der Waals surface area contributed by atoms with Crippen molar-refractivity contribution in [2.75, 3.05) is 10.7 Å². The number of anilines is 2. The summed E-state index contributed by atoms with van der Waals surface area (Å²) in [5.74, 6) is 2.45. The molecule has 0 bridgehead atoms. The van der Waals surface area contributed by atoms with Crippen LogP contribution in [0.1, 0.15) is 21.7 Å². The van der Waals surface area contributed by atoms with Gasteiger partial charge < -0.3 is 10.7 Å². The third-order valence-corrected chi connectivity index (χ3v) is 2.82. The van der Waals surface area contributed by atoms with Gasteiger partial charge in [0.15, 0.2) is 11.6 Å². The third kappa shape index (κ3) is 2.45. The summed E-state index contributed by atoms with van der Waals surface area (Å²) in [5, 5.41) is 9.16. The van der Waals surface area contributed by atoms with Gasteiger partial charge in [-0.3, -0.25) is 15.7 Å². The van der Waals surface area contributed by atoms with Crippen LogP contribution >= 0.6 is 0 Å². The van der Waals surface area contributed by atoms with E-state index >= 15 is 0 Å². The fourth-order valence-electron chi connectivity index (χ4n) is 1.76. The zero-order valence-corrected chi connectivity index (χ0v) is 10.8. The van der Waals surface area contributed by atoms with Gasteiger partial charge in [0, 0.05) is 5.56 Å². The minimum absolute atomic E-state index is 0.154.